The summed E-state index contributed by atoms with van der Waals surface area (Å²) in [6, 6.07) is 12.4. The minimum Gasteiger partial charge on any atom is -0.387 e. The van der Waals surface area contributed by atoms with Crippen molar-refractivity contribution in [2.75, 3.05) is 25.6 Å². The third-order valence-electron chi connectivity index (χ3n) is 10.9. The Hall–Kier alpha value is -2.96. The first kappa shape index (κ1) is 46.7. The molecule has 318 valence electrons. The maximum Gasteiger partial charge on any atom is 0.472 e. The maximum atomic E-state index is 13.3. The summed E-state index contributed by atoms with van der Waals surface area (Å²) < 4.78 is 43.8. The Bertz CT molecular complexity index is 1690. The molecule has 1 fully saturated rings. The molecule has 3 aromatic rings. The molecule has 3 heterocycles. The van der Waals surface area contributed by atoms with Crippen LogP contribution >= 0.6 is 7.82 Å². The number of ether oxygens (including phenoxy) is 3. The number of aromatic nitrogens is 3. The first-order valence-corrected chi connectivity index (χ1v) is 22.4. The van der Waals surface area contributed by atoms with Gasteiger partial charge in [-0.25, -0.2) is 14.1 Å². The molecule has 5 N–H and O–H groups in total. The first-order chi connectivity index (χ1) is 27.5. The highest BCUT2D eigenvalue weighted by Gasteiger charge is 2.56. The lowest BCUT2D eigenvalue weighted by Crippen LogP contribution is -2.49. The van der Waals surface area contributed by atoms with E-state index in [0.29, 0.717) is 23.4 Å². The molecule has 1 saturated heterocycles. The van der Waals surface area contributed by atoms with Gasteiger partial charge in [0.25, 0.3) is 0 Å². The second-order valence-electron chi connectivity index (χ2n) is 15.5. The number of nitrogens with zero attached hydrogens (tertiary/aromatic N) is 4. The number of unbranched alkanes of at least 4 members (excludes halogenated alkanes) is 15. The summed E-state index contributed by atoms with van der Waals surface area (Å²) in [5, 5.41) is 35.4. The molecule has 2 aromatic heterocycles. The van der Waals surface area contributed by atoms with Crippen molar-refractivity contribution in [3.8, 4) is 6.07 Å². The van der Waals surface area contributed by atoms with Crippen LogP contribution < -0.4 is 5.73 Å². The average Bonchev–Trinajstić information content (AvgIpc) is 3.74. The zero-order valence-corrected chi connectivity index (χ0v) is 35.1. The molecule has 1 aromatic carbocycles. The van der Waals surface area contributed by atoms with Crippen molar-refractivity contribution in [2.24, 2.45) is 0 Å². The van der Waals surface area contributed by atoms with E-state index in [1.54, 1.807) is 36.4 Å². The number of hydrogen-bond donors (Lipinski definition) is 4. The van der Waals surface area contributed by atoms with Crippen molar-refractivity contribution in [3.63, 3.8) is 0 Å². The number of rotatable bonds is 29. The Morgan fingerprint density at radius 3 is 2.12 bits per heavy atom. The van der Waals surface area contributed by atoms with Gasteiger partial charge >= 0.3 is 7.82 Å². The van der Waals surface area contributed by atoms with Crippen molar-refractivity contribution >= 4 is 19.2 Å². The predicted molar refractivity (Wildman–Crippen MR) is 218 cm³/mol. The van der Waals surface area contributed by atoms with Crippen LogP contribution in [0.2, 0.25) is 0 Å². The predicted octanol–water partition coefficient (Wildman–Crippen LogP) is 8.12. The van der Waals surface area contributed by atoms with Crippen molar-refractivity contribution in [1.82, 2.24) is 14.6 Å². The van der Waals surface area contributed by atoms with Crippen molar-refractivity contribution in [2.45, 2.75) is 166 Å². The fourth-order valence-corrected chi connectivity index (χ4v) is 8.22. The fourth-order valence-electron chi connectivity index (χ4n) is 7.19. The standard InChI is InChI=1S/C42H66N5O9P/c1-4-5-6-7-8-9-10-11-12-13-14-15-16-17-18-19-26-52-29-35(53-28-34-22-20-33(27-43)21-23-34)30-54-57(50,51)56-32(2)42(3)40(49)38(48)39(55-42)36-24-25-37-41(44)45-31-46-47(36)37/h20-25,31-32,35,38-40,48-49H,4-19,26,28-30H2,1-3H3,(H,50,51)(H2,44,45,46)/t32-,35+,38-,39-,40-,42+/m0/s1. The summed E-state index contributed by atoms with van der Waals surface area (Å²) in [6.07, 6.45) is 15.9. The number of fused-ring (bicyclic) bond motifs is 1. The summed E-state index contributed by atoms with van der Waals surface area (Å²) >= 11 is 0. The molecule has 0 bridgehead atoms. The Balaban J connectivity index is 1.19. The minimum atomic E-state index is -4.74. The number of nitriles is 1. The summed E-state index contributed by atoms with van der Waals surface area (Å²) in [4.78, 5) is 14.8. The molecule has 1 aliphatic rings. The van der Waals surface area contributed by atoms with Crippen LogP contribution in [0.4, 0.5) is 5.82 Å². The first-order valence-electron chi connectivity index (χ1n) is 20.9. The van der Waals surface area contributed by atoms with Gasteiger partial charge in [0.2, 0.25) is 0 Å². The quantitative estimate of drug-likeness (QED) is 0.0387. The third kappa shape index (κ3) is 14.7. The van der Waals surface area contributed by atoms with Crippen molar-refractivity contribution in [1.29, 1.82) is 5.26 Å². The second kappa shape index (κ2) is 24.2. The van der Waals surface area contributed by atoms with E-state index in [9.17, 15) is 19.7 Å². The number of phosphoric ester groups is 1. The highest BCUT2D eigenvalue weighted by molar-refractivity contribution is 7.47. The topological polar surface area (TPSA) is 204 Å². The maximum absolute atomic E-state index is 13.3. The van der Waals surface area contributed by atoms with Crippen LogP contribution in [0.1, 0.15) is 146 Å². The molecule has 7 atom stereocenters. The molecular weight excluding hydrogens is 749 g/mol. The molecule has 57 heavy (non-hydrogen) atoms. The van der Waals surface area contributed by atoms with Crippen LogP contribution in [0.25, 0.3) is 5.52 Å². The largest absolute Gasteiger partial charge is 0.472 e. The SMILES string of the molecule is CCCCCCCCCCCCCCCCCCOC[C@H](COP(=O)(O)O[C@@H](C)[C@@]1(C)O[C@@H](c2ccc3c(N)ncnn23)[C@H](O)[C@@H]1O)OCc1ccc(C#N)cc1. The lowest BCUT2D eigenvalue weighted by molar-refractivity contribution is -0.134. The number of phosphoric acid groups is 1. The van der Waals surface area contributed by atoms with Gasteiger partial charge in [0.05, 0.1) is 43.3 Å². The number of aliphatic hydroxyl groups is 2. The van der Waals surface area contributed by atoms with E-state index < -0.39 is 43.9 Å². The average molecular weight is 816 g/mol. The number of nitrogen functional groups attached to an aromatic ring is 1. The summed E-state index contributed by atoms with van der Waals surface area (Å²) in [7, 11) is -4.74. The highest BCUT2D eigenvalue weighted by atomic mass is 31.2. The van der Waals surface area contributed by atoms with Crippen LogP contribution in [0.5, 0.6) is 0 Å². The zero-order valence-electron chi connectivity index (χ0n) is 34.2. The van der Waals surface area contributed by atoms with E-state index in [-0.39, 0.29) is 25.6 Å². The molecule has 15 heteroatoms. The second-order valence-corrected chi connectivity index (χ2v) is 16.9. The van der Waals surface area contributed by atoms with Gasteiger partial charge < -0.3 is 35.1 Å². The van der Waals surface area contributed by atoms with E-state index >= 15 is 0 Å². The molecule has 0 radical (unpaired) electrons. The van der Waals surface area contributed by atoms with Crippen LogP contribution in [0, 0.1) is 11.3 Å². The molecule has 1 aliphatic heterocycles. The molecule has 14 nitrogen and oxygen atoms in total. The van der Waals surface area contributed by atoms with Gasteiger partial charge in [-0.3, -0.25) is 9.05 Å². The third-order valence-corrected chi connectivity index (χ3v) is 12.0. The van der Waals surface area contributed by atoms with Crippen molar-refractivity contribution in [3.05, 3.63) is 59.5 Å². The van der Waals surface area contributed by atoms with Gasteiger partial charge in [-0.15, -0.1) is 0 Å². The monoisotopic (exact) mass is 815 g/mol. The van der Waals surface area contributed by atoms with Crippen molar-refractivity contribution < 1.29 is 42.9 Å². The molecular formula is C42H66N5O9P. The molecule has 4 rings (SSSR count). The van der Waals surface area contributed by atoms with Gasteiger partial charge in [0.15, 0.2) is 5.82 Å². The van der Waals surface area contributed by atoms with E-state index in [1.807, 2.05) is 0 Å². The lowest BCUT2D eigenvalue weighted by atomic mass is 9.91. The Morgan fingerprint density at radius 1 is 0.930 bits per heavy atom. The van der Waals surface area contributed by atoms with Crippen LogP contribution in [-0.4, -0.2) is 79.5 Å². The minimum absolute atomic E-state index is 0.122. The van der Waals surface area contributed by atoms with Crippen LogP contribution in [0.3, 0.4) is 0 Å². The van der Waals surface area contributed by atoms with Crippen LogP contribution in [-0.2, 0) is 34.4 Å². The lowest BCUT2D eigenvalue weighted by Gasteiger charge is -2.34. The zero-order chi connectivity index (χ0) is 41.1. The summed E-state index contributed by atoms with van der Waals surface area (Å²) in [5.41, 5.74) is 6.58. The Kier molecular flexibility index (Phi) is 19.8. The normalized spacial score (nSPS) is 21.7. The summed E-state index contributed by atoms with van der Waals surface area (Å²) in [6.45, 7) is 5.69. The number of benzene rings is 1. The number of aliphatic hydroxyl groups excluding tert-OH is 2. The molecule has 0 spiro atoms. The Labute approximate surface area is 338 Å². The number of hydrogen-bond acceptors (Lipinski definition) is 12. The molecule has 0 amide bonds. The van der Waals surface area contributed by atoms with Gasteiger partial charge in [-0.2, -0.15) is 10.4 Å². The number of nitrogens with two attached hydrogens (primary N) is 1. The van der Waals surface area contributed by atoms with Gasteiger partial charge in [0.1, 0.15) is 41.9 Å². The fraction of sp³-hybridized carbons (Fsp3) is 0.690. The Morgan fingerprint density at radius 2 is 1.53 bits per heavy atom. The molecule has 1 unspecified atom stereocenters. The van der Waals surface area contributed by atoms with Gasteiger partial charge in [-0.1, -0.05) is 115 Å². The van der Waals surface area contributed by atoms with E-state index in [2.05, 4.69) is 23.1 Å². The summed E-state index contributed by atoms with van der Waals surface area (Å²) in [5.74, 6) is 0.229. The number of anilines is 1. The molecule has 0 saturated carbocycles. The van der Waals surface area contributed by atoms with E-state index in [1.165, 1.54) is 108 Å². The smallest absolute Gasteiger partial charge is 0.387 e. The van der Waals surface area contributed by atoms with E-state index in [4.69, 9.17) is 34.3 Å². The van der Waals surface area contributed by atoms with Gasteiger partial charge in [-0.05, 0) is 50.1 Å². The van der Waals surface area contributed by atoms with E-state index in [0.717, 1.165) is 24.8 Å². The van der Waals surface area contributed by atoms with Gasteiger partial charge in [0, 0.05) is 6.61 Å². The van der Waals surface area contributed by atoms with Crippen LogP contribution in [0.15, 0.2) is 42.7 Å². The molecule has 0 aliphatic carbocycles. The highest BCUT2D eigenvalue weighted by Crippen LogP contribution is 2.50.